The van der Waals surface area contributed by atoms with E-state index in [2.05, 4.69) is 0 Å². The largest absolute Gasteiger partial charge is 0.373 e. The van der Waals surface area contributed by atoms with Crippen LogP contribution in [-0.2, 0) is 4.74 Å². The summed E-state index contributed by atoms with van der Waals surface area (Å²) in [4.78, 5) is 0. The molecule has 1 nitrogen and oxygen atoms in total. The minimum atomic E-state index is -0.572. The van der Waals surface area contributed by atoms with Crippen molar-refractivity contribution in [2.45, 2.75) is 18.9 Å². The quantitative estimate of drug-likeness (QED) is 0.724. The lowest BCUT2D eigenvalue weighted by atomic mass is 9.91. The molecule has 4 heteroatoms. The molecule has 0 bridgehead atoms. The number of rotatable bonds is 2. The lowest BCUT2D eigenvalue weighted by molar-refractivity contribution is -0.0211. The second-order valence-corrected chi connectivity index (χ2v) is 4.36. The van der Waals surface area contributed by atoms with Gasteiger partial charge in [-0.15, -0.1) is 11.6 Å². The SMILES string of the molecule is Fc1cc(F)cc(C2OCCCC2CCl)c1. The summed E-state index contributed by atoms with van der Waals surface area (Å²) in [7, 11) is 0. The van der Waals surface area contributed by atoms with Gasteiger partial charge in [0.05, 0.1) is 6.10 Å². The molecule has 1 aromatic carbocycles. The predicted molar refractivity (Wildman–Crippen MR) is 58.5 cm³/mol. The van der Waals surface area contributed by atoms with Gasteiger partial charge in [0.2, 0.25) is 0 Å². The molecule has 2 atom stereocenters. The Morgan fingerprint density at radius 3 is 2.56 bits per heavy atom. The van der Waals surface area contributed by atoms with Gasteiger partial charge in [0.15, 0.2) is 0 Å². The fourth-order valence-electron chi connectivity index (χ4n) is 2.11. The third kappa shape index (κ3) is 2.53. The van der Waals surface area contributed by atoms with E-state index in [0.717, 1.165) is 18.9 Å². The molecule has 0 N–H and O–H groups in total. The zero-order chi connectivity index (χ0) is 11.5. The molecule has 0 aromatic heterocycles. The summed E-state index contributed by atoms with van der Waals surface area (Å²) >= 11 is 5.84. The van der Waals surface area contributed by atoms with Gasteiger partial charge in [0, 0.05) is 24.5 Å². The fraction of sp³-hybridized carbons (Fsp3) is 0.500. The lowest BCUT2D eigenvalue weighted by Gasteiger charge is -2.30. The molecule has 0 saturated carbocycles. The zero-order valence-electron chi connectivity index (χ0n) is 8.76. The average molecular weight is 247 g/mol. The van der Waals surface area contributed by atoms with Crippen molar-refractivity contribution in [1.82, 2.24) is 0 Å². The normalized spacial score (nSPS) is 25.7. The van der Waals surface area contributed by atoms with Crippen molar-refractivity contribution in [2.24, 2.45) is 5.92 Å². The number of hydrogen-bond donors (Lipinski definition) is 0. The van der Waals surface area contributed by atoms with Crippen LogP contribution in [0.3, 0.4) is 0 Å². The van der Waals surface area contributed by atoms with E-state index in [9.17, 15) is 8.78 Å². The zero-order valence-corrected chi connectivity index (χ0v) is 9.51. The van der Waals surface area contributed by atoms with Gasteiger partial charge < -0.3 is 4.74 Å². The molecule has 1 fully saturated rings. The van der Waals surface area contributed by atoms with Crippen LogP contribution >= 0.6 is 11.6 Å². The van der Waals surface area contributed by atoms with Crippen LogP contribution in [0, 0.1) is 17.6 Å². The third-order valence-corrected chi connectivity index (χ3v) is 3.25. The molecular formula is C12H13ClF2O. The molecule has 88 valence electrons. The number of hydrogen-bond acceptors (Lipinski definition) is 1. The standard InChI is InChI=1S/C12H13ClF2O/c13-7-8-2-1-3-16-12(8)9-4-10(14)6-11(15)5-9/h4-6,8,12H,1-3,7H2. The Morgan fingerprint density at radius 2 is 1.94 bits per heavy atom. The summed E-state index contributed by atoms with van der Waals surface area (Å²) in [5, 5.41) is 0. The minimum absolute atomic E-state index is 0.136. The molecule has 1 heterocycles. The van der Waals surface area contributed by atoms with Crippen LogP contribution in [0.15, 0.2) is 18.2 Å². The van der Waals surface area contributed by atoms with Gasteiger partial charge in [-0.1, -0.05) is 0 Å². The number of benzene rings is 1. The van der Waals surface area contributed by atoms with Crippen molar-refractivity contribution in [3.05, 3.63) is 35.4 Å². The summed E-state index contributed by atoms with van der Waals surface area (Å²) in [6.07, 6.45) is 1.61. The molecule has 0 amide bonds. The fourth-order valence-corrected chi connectivity index (χ4v) is 2.43. The minimum Gasteiger partial charge on any atom is -0.373 e. The molecular weight excluding hydrogens is 234 g/mol. The Balaban J connectivity index is 2.26. The first-order valence-electron chi connectivity index (χ1n) is 5.34. The Labute approximate surface area is 98.4 Å². The van der Waals surface area contributed by atoms with Gasteiger partial charge in [0.1, 0.15) is 11.6 Å². The van der Waals surface area contributed by atoms with Crippen LogP contribution in [0.4, 0.5) is 8.78 Å². The molecule has 0 radical (unpaired) electrons. The van der Waals surface area contributed by atoms with Crippen LogP contribution in [0.25, 0.3) is 0 Å². The lowest BCUT2D eigenvalue weighted by Crippen LogP contribution is -2.24. The highest BCUT2D eigenvalue weighted by atomic mass is 35.5. The summed E-state index contributed by atoms with van der Waals surface area (Å²) in [6, 6.07) is 3.50. The van der Waals surface area contributed by atoms with E-state index >= 15 is 0 Å². The first kappa shape index (κ1) is 11.8. The Morgan fingerprint density at radius 1 is 1.25 bits per heavy atom. The van der Waals surface area contributed by atoms with Crippen molar-refractivity contribution in [1.29, 1.82) is 0 Å². The summed E-state index contributed by atoms with van der Waals surface area (Å²) < 4.78 is 31.7. The first-order valence-corrected chi connectivity index (χ1v) is 5.87. The van der Waals surface area contributed by atoms with Crippen LogP contribution in [0.5, 0.6) is 0 Å². The molecule has 2 rings (SSSR count). The van der Waals surface area contributed by atoms with E-state index in [-0.39, 0.29) is 12.0 Å². The smallest absolute Gasteiger partial charge is 0.126 e. The summed E-state index contributed by atoms with van der Waals surface area (Å²) in [5.41, 5.74) is 0.544. The van der Waals surface area contributed by atoms with Crippen molar-refractivity contribution in [3.63, 3.8) is 0 Å². The van der Waals surface area contributed by atoms with Crippen molar-refractivity contribution in [3.8, 4) is 0 Å². The van der Waals surface area contributed by atoms with Gasteiger partial charge in [-0.2, -0.15) is 0 Å². The van der Waals surface area contributed by atoms with Crippen molar-refractivity contribution < 1.29 is 13.5 Å². The van der Waals surface area contributed by atoms with Crippen LogP contribution < -0.4 is 0 Å². The van der Waals surface area contributed by atoms with E-state index in [1.54, 1.807) is 0 Å². The highest BCUT2D eigenvalue weighted by Crippen LogP contribution is 2.34. The monoisotopic (exact) mass is 246 g/mol. The van der Waals surface area contributed by atoms with Crippen molar-refractivity contribution >= 4 is 11.6 Å². The van der Waals surface area contributed by atoms with Crippen molar-refractivity contribution in [2.75, 3.05) is 12.5 Å². The van der Waals surface area contributed by atoms with Gasteiger partial charge in [0.25, 0.3) is 0 Å². The predicted octanol–water partition coefficient (Wildman–Crippen LogP) is 3.67. The summed E-state index contributed by atoms with van der Waals surface area (Å²) in [6.45, 7) is 0.621. The van der Waals surface area contributed by atoms with Gasteiger partial charge >= 0.3 is 0 Å². The van der Waals surface area contributed by atoms with Gasteiger partial charge in [-0.25, -0.2) is 8.78 Å². The van der Waals surface area contributed by atoms with E-state index in [1.165, 1.54) is 12.1 Å². The topological polar surface area (TPSA) is 9.23 Å². The molecule has 2 unspecified atom stereocenters. The van der Waals surface area contributed by atoms with Gasteiger partial charge in [-0.05, 0) is 30.5 Å². The maximum Gasteiger partial charge on any atom is 0.126 e. The van der Waals surface area contributed by atoms with E-state index in [0.29, 0.717) is 18.1 Å². The van der Waals surface area contributed by atoms with E-state index in [1.807, 2.05) is 0 Å². The maximum absolute atomic E-state index is 13.1. The van der Waals surface area contributed by atoms with Crippen LogP contribution in [0.1, 0.15) is 24.5 Å². The van der Waals surface area contributed by atoms with Crippen LogP contribution in [-0.4, -0.2) is 12.5 Å². The highest BCUT2D eigenvalue weighted by molar-refractivity contribution is 6.18. The second-order valence-electron chi connectivity index (χ2n) is 4.05. The van der Waals surface area contributed by atoms with E-state index < -0.39 is 11.6 Å². The number of halogens is 3. The highest BCUT2D eigenvalue weighted by Gasteiger charge is 2.27. The molecule has 0 spiro atoms. The van der Waals surface area contributed by atoms with Crippen LogP contribution in [0.2, 0.25) is 0 Å². The number of ether oxygens (including phenoxy) is 1. The molecule has 1 saturated heterocycles. The first-order chi connectivity index (χ1) is 7.70. The van der Waals surface area contributed by atoms with E-state index in [4.69, 9.17) is 16.3 Å². The molecule has 1 aromatic rings. The second kappa shape index (κ2) is 5.11. The molecule has 1 aliphatic rings. The third-order valence-electron chi connectivity index (χ3n) is 2.86. The molecule has 0 aliphatic carbocycles. The Hall–Kier alpha value is -0.670. The summed E-state index contributed by atoms with van der Waals surface area (Å²) in [5.74, 6) is -0.561. The number of alkyl halides is 1. The average Bonchev–Trinajstić information content (AvgIpc) is 2.27. The maximum atomic E-state index is 13.1. The van der Waals surface area contributed by atoms with Gasteiger partial charge in [-0.3, -0.25) is 0 Å². The Bertz CT molecular complexity index is 350. The Kier molecular flexibility index (Phi) is 3.77. The molecule has 16 heavy (non-hydrogen) atoms. The molecule has 1 aliphatic heterocycles.